The van der Waals surface area contributed by atoms with Crippen molar-refractivity contribution >= 4 is 11.8 Å². The first kappa shape index (κ1) is 15.9. The Morgan fingerprint density at radius 3 is 2.42 bits per heavy atom. The third-order valence-electron chi connectivity index (χ3n) is 3.04. The van der Waals surface area contributed by atoms with Gasteiger partial charge in [-0.1, -0.05) is 0 Å². The molecular weight excluding hydrogens is 246 g/mol. The number of likely N-dealkylation sites (N-methyl/N-ethyl adjacent to an activating group) is 1. The molecule has 6 heteroatoms. The van der Waals surface area contributed by atoms with E-state index in [0.717, 1.165) is 0 Å². The normalized spacial score (nSPS) is 24.9. The van der Waals surface area contributed by atoms with Crippen LogP contribution in [-0.2, 0) is 14.3 Å². The number of hydrogen-bond acceptors (Lipinski definition) is 4. The lowest BCUT2D eigenvalue weighted by atomic mass is 10.0. The predicted octanol–water partition coefficient (Wildman–Crippen LogP) is -0.360. The van der Waals surface area contributed by atoms with Gasteiger partial charge in [0.25, 0.3) is 0 Å². The van der Waals surface area contributed by atoms with Gasteiger partial charge in [0.1, 0.15) is 6.04 Å². The maximum atomic E-state index is 12.1. The highest BCUT2D eigenvalue weighted by molar-refractivity contribution is 5.88. The molecule has 1 aliphatic heterocycles. The van der Waals surface area contributed by atoms with E-state index in [0.29, 0.717) is 13.2 Å². The van der Waals surface area contributed by atoms with Gasteiger partial charge in [0.2, 0.25) is 11.8 Å². The van der Waals surface area contributed by atoms with Gasteiger partial charge in [0.05, 0.1) is 19.1 Å². The summed E-state index contributed by atoms with van der Waals surface area (Å²) in [5.74, 6) is -0.566. The molecule has 3 atom stereocenters. The van der Waals surface area contributed by atoms with Crippen LogP contribution in [0.1, 0.15) is 27.7 Å². The first-order valence-electron chi connectivity index (χ1n) is 6.62. The molecule has 1 rings (SSSR count). The minimum Gasteiger partial charge on any atom is -0.379 e. The fourth-order valence-corrected chi connectivity index (χ4v) is 1.96. The second-order valence-corrected chi connectivity index (χ2v) is 6.01. The van der Waals surface area contributed by atoms with E-state index in [2.05, 4.69) is 16.0 Å². The minimum atomic E-state index is -0.551. The summed E-state index contributed by atoms with van der Waals surface area (Å²) in [4.78, 5) is 24.0. The van der Waals surface area contributed by atoms with E-state index >= 15 is 0 Å². The Morgan fingerprint density at radius 1 is 1.26 bits per heavy atom. The number of rotatable bonds is 4. The van der Waals surface area contributed by atoms with Crippen molar-refractivity contribution in [2.75, 3.05) is 20.3 Å². The van der Waals surface area contributed by atoms with Crippen LogP contribution in [0.2, 0.25) is 0 Å². The van der Waals surface area contributed by atoms with E-state index in [-0.39, 0.29) is 29.3 Å². The van der Waals surface area contributed by atoms with E-state index in [1.807, 2.05) is 20.8 Å². The molecule has 19 heavy (non-hydrogen) atoms. The fourth-order valence-electron chi connectivity index (χ4n) is 1.96. The van der Waals surface area contributed by atoms with Gasteiger partial charge in [-0.15, -0.1) is 0 Å². The first-order valence-corrected chi connectivity index (χ1v) is 6.62. The Bertz CT molecular complexity index is 339. The minimum absolute atomic E-state index is 0.0119. The topological polar surface area (TPSA) is 79.5 Å². The van der Waals surface area contributed by atoms with Gasteiger partial charge in [0, 0.05) is 11.6 Å². The second kappa shape index (κ2) is 6.34. The molecule has 3 N–H and O–H groups in total. The molecule has 0 aromatic carbocycles. The van der Waals surface area contributed by atoms with Crippen LogP contribution < -0.4 is 16.0 Å². The van der Waals surface area contributed by atoms with Crippen LogP contribution in [0.5, 0.6) is 0 Å². The van der Waals surface area contributed by atoms with E-state index in [1.54, 1.807) is 14.0 Å². The quantitative estimate of drug-likeness (QED) is 0.652. The maximum Gasteiger partial charge on any atom is 0.242 e. The lowest BCUT2D eigenvalue weighted by molar-refractivity contribution is -0.131. The first-order chi connectivity index (χ1) is 8.74. The summed E-state index contributed by atoms with van der Waals surface area (Å²) in [5.41, 5.74) is -0.306. The molecule has 0 aliphatic carbocycles. The van der Waals surface area contributed by atoms with Crippen LogP contribution in [0.4, 0.5) is 0 Å². The maximum absolute atomic E-state index is 12.1. The van der Waals surface area contributed by atoms with Crippen molar-refractivity contribution < 1.29 is 14.3 Å². The number of amides is 2. The molecule has 0 saturated carbocycles. The van der Waals surface area contributed by atoms with Gasteiger partial charge in [-0.2, -0.15) is 0 Å². The number of carbonyl (C=O) groups is 2. The average molecular weight is 271 g/mol. The van der Waals surface area contributed by atoms with Crippen molar-refractivity contribution in [2.24, 2.45) is 5.92 Å². The molecule has 3 unspecified atom stereocenters. The van der Waals surface area contributed by atoms with Gasteiger partial charge in [-0.25, -0.2) is 0 Å². The summed E-state index contributed by atoms with van der Waals surface area (Å²) >= 11 is 0. The van der Waals surface area contributed by atoms with Crippen LogP contribution in [0.3, 0.4) is 0 Å². The highest BCUT2D eigenvalue weighted by Crippen LogP contribution is 2.13. The zero-order valence-electron chi connectivity index (χ0n) is 12.4. The SMILES string of the molecule is CNC1COCC1C(=O)NC(C)C(=O)NC(C)(C)C. The predicted molar refractivity (Wildman–Crippen MR) is 72.7 cm³/mol. The molecule has 1 heterocycles. The Hall–Kier alpha value is -1.14. The Labute approximate surface area is 114 Å². The van der Waals surface area contributed by atoms with Crippen molar-refractivity contribution in [2.45, 2.75) is 45.3 Å². The second-order valence-electron chi connectivity index (χ2n) is 6.01. The van der Waals surface area contributed by atoms with Gasteiger partial charge >= 0.3 is 0 Å². The molecule has 6 nitrogen and oxygen atoms in total. The zero-order chi connectivity index (χ0) is 14.6. The third-order valence-corrected chi connectivity index (χ3v) is 3.04. The zero-order valence-corrected chi connectivity index (χ0v) is 12.4. The smallest absolute Gasteiger partial charge is 0.242 e. The molecule has 0 aromatic rings. The van der Waals surface area contributed by atoms with Crippen molar-refractivity contribution in [1.82, 2.24) is 16.0 Å². The largest absolute Gasteiger partial charge is 0.379 e. The van der Waals surface area contributed by atoms with Crippen LogP contribution in [-0.4, -0.2) is 49.7 Å². The Balaban J connectivity index is 2.50. The van der Waals surface area contributed by atoms with Crippen molar-refractivity contribution in [1.29, 1.82) is 0 Å². The van der Waals surface area contributed by atoms with Gasteiger partial charge in [0.15, 0.2) is 0 Å². The highest BCUT2D eigenvalue weighted by atomic mass is 16.5. The van der Waals surface area contributed by atoms with E-state index < -0.39 is 6.04 Å². The molecular formula is C13H25N3O3. The lowest BCUT2D eigenvalue weighted by Gasteiger charge is -2.25. The number of ether oxygens (including phenoxy) is 1. The molecule has 0 aromatic heterocycles. The molecule has 0 radical (unpaired) electrons. The molecule has 0 spiro atoms. The highest BCUT2D eigenvalue weighted by Gasteiger charge is 2.34. The molecule has 2 amide bonds. The fraction of sp³-hybridized carbons (Fsp3) is 0.846. The third kappa shape index (κ3) is 4.80. The molecule has 110 valence electrons. The Morgan fingerprint density at radius 2 is 1.89 bits per heavy atom. The van der Waals surface area contributed by atoms with Crippen LogP contribution in [0.25, 0.3) is 0 Å². The van der Waals surface area contributed by atoms with E-state index in [1.165, 1.54) is 0 Å². The molecule has 1 fully saturated rings. The summed E-state index contributed by atoms with van der Waals surface area (Å²) < 4.78 is 5.28. The number of carbonyl (C=O) groups excluding carboxylic acids is 2. The number of hydrogen-bond donors (Lipinski definition) is 3. The van der Waals surface area contributed by atoms with Crippen molar-refractivity contribution in [3.63, 3.8) is 0 Å². The van der Waals surface area contributed by atoms with Crippen LogP contribution in [0.15, 0.2) is 0 Å². The van der Waals surface area contributed by atoms with E-state index in [9.17, 15) is 9.59 Å². The average Bonchev–Trinajstić information content (AvgIpc) is 2.74. The molecule has 1 aliphatic rings. The van der Waals surface area contributed by atoms with Gasteiger partial charge < -0.3 is 20.7 Å². The summed E-state index contributed by atoms with van der Waals surface area (Å²) in [6.45, 7) is 8.31. The standard InChI is InChI=1S/C13H25N3O3/c1-8(11(17)16-13(2,3)4)15-12(18)9-6-19-7-10(9)14-5/h8-10,14H,6-7H2,1-5H3,(H,15,18)(H,16,17). The summed E-state index contributed by atoms with van der Waals surface area (Å²) in [7, 11) is 1.80. The lowest BCUT2D eigenvalue weighted by Crippen LogP contribution is -2.53. The Kier molecular flexibility index (Phi) is 5.31. The van der Waals surface area contributed by atoms with Crippen LogP contribution >= 0.6 is 0 Å². The molecule has 1 saturated heterocycles. The van der Waals surface area contributed by atoms with Crippen LogP contribution in [0, 0.1) is 5.92 Å². The summed E-state index contributed by atoms with van der Waals surface area (Å²) in [6, 6.07) is -0.539. The monoisotopic (exact) mass is 271 g/mol. The van der Waals surface area contributed by atoms with Crippen molar-refractivity contribution in [3.05, 3.63) is 0 Å². The van der Waals surface area contributed by atoms with Gasteiger partial charge in [-0.3, -0.25) is 9.59 Å². The summed E-state index contributed by atoms with van der Waals surface area (Å²) in [6.07, 6.45) is 0. The number of nitrogens with one attached hydrogen (secondary N) is 3. The summed E-state index contributed by atoms with van der Waals surface area (Å²) in [5, 5.41) is 8.63. The van der Waals surface area contributed by atoms with E-state index in [4.69, 9.17) is 4.74 Å². The van der Waals surface area contributed by atoms with Crippen molar-refractivity contribution in [3.8, 4) is 0 Å². The van der Waals surface area contributed by atoms with Gasteiger partial charge in [-0.05, 0) is 34.7 Å². The molecule has 0 bridgehead atoms.